The summed E-state index contributed by atoms with van der Waals surface area (Å²) < 4.78 is 0.727. The van der Waals surface area contributed by atoms with Gasteiger partial charge in [0.2, 0.25) is 0 Å². The maximum Gasteiger partial charge on any atom is 0.277 e. The van der Waals surface area contributed by atoms with Gasteiger partial charge in [-0.25, -0.2) is 0 Å². The van der Waals surface area contributed by atoms with Crippen LogP contribution in [0.3, 0.4) is 0 Å². The Labute approximate surface area is 121 Å². The second-order valence-electron chi connectivity index (χ2n) is 4.77. The van der Waals surface area contributed by atoms with E-state index in [0.29, 0.717) is 11.6 Å². The lowest BCUT2D eigenvalue weighted by molar-refractivity contribution is -0.385. The lowest BCUT2D eigenvalue weighted by Crippen LogP contribution is -2.18. The quantitative estimate of drug-likeness (QED) is 0.637. The third kappa shape index (κ3) is 4.14. The number of halogens is 1. The zero-order valence-electron chi connectivity index (χ0n) is 10.9. The predicted molar refractivity (Wildman–Crippen MR) is 80.1 cm³/mol. The molecule has 0 bridgehead atoms. The molecule has 0 heterocycles. The molecule has 1 aromatic rings. The maximum absolute atomic E-state index is 11.1. The highest BCUT2D eigenvalue weighted by Crippen LogP contribution is 2.26. The molecule has 0 aliphatic heterocycles. The molecule has 0 unspecified atom stereocenters. The molecule has 0 aromatic heterocycles. The Morgan fingerprint density at radius 1 is 1.58 bits per heavy atom. The van der Waals surface area contributed by atoms with Crippen LogP contribution in [0, 0.1) is 10.1 Å². The van der Waals surface area contributed by atoms with Gasteiger partial charge in [-0.3, -0.25) is 10.1 Å². The molecule has 1 aliphatic carbocycles. The fourth-order valence-corrected chi connectivity index (χ4v) is 2.21. The van der Waals surface area contributed by atoms with E-state index in [0.717, 1.165) is 17.4 Å². The van der Waals surface area contributed by atoms with Gasteiger partial charge in [-0.05, 0) is 37.5 Å². The number of hydrogen-bond donors (Lipinski definition) is 1. The summed E-state index contributed by atoms with van der Waals surface area (Å²) in [5, 5.41) is 14.5. The summed E-state index contributed by atoms with van der Waals surface area (Å²) >= 11 is 3.27. The number of rotatable bonds is 6. The Bertz CT molecular complexity index is 510. The molecule has 1 N–H and O–H groups in total. The first-order valence-corrected chi connectivity index (χ1v) is 7.26. The number of nitrogens with zero attached hydrogens (tertiary/aromatic N) is 1. The van der Waals surface area contributed by atoms with Crippen molar-refractivity contribution < 1.29 is 4.92 Å². The van der Waals surface area contributed by atoms with Crippen molar-refractivity contribution in [2.75, 3.05) is 6.54 Å². The minimum absolute atomic E-state index is 0.145. The molecular weight excluding hydrogens is 308 g/mol. The van der Waals surface area contributed by atoms with Crippen molar-refractivity contribution >= 4 is 27.7 Å². The molecule has 4 nitrogen and oxygen atoms in total. The van der Waals surface area contributed by atoms with E-state index in [4.69, 9.17) is 0 Å². The third-order valence-electron chi connectivity index (χ3n) is 3.20. The molecule has 5 heteroatoms. The average Bonchev–Trinajstić information content (AvgIpc) is 3.19. The highest BCUT2D eigenvalue weighted by Gasteiger charge is 2.20. The molecule has 19 heavy (non-hydrogen) atoms. The fraction of sp³-hybridized carbons (Fsp3) is 0.429. The summed E-state index contributed by atoms with van der Waals surface area (Å²) in [4.78, 5) is 10.7. The maximum atomic E-state index is 11.1. The lowest BCUT2D eigenvalue weighted by Gasteiger charge is -2.07. The van der Waals surface area contributed by atoms with E-state index in [1.165, 1.54) is 18.4 Å². The van der Waals surface area contributed by atoms with Crippen LogP contribution in [0.2, 0.25) is 0 Å². The van der Waals surface area contributed by atoms with Crippen LogP contribution in [-0.4, -0.2) is 17.5 Å². The van der Waals surface area contributed by atoms with Crippen LogP contribution in [0.4, 0.5) is 5.69 Å². The molecule has 0 spiro atoms. The van der Waals surface area contributed by atoms with Crippen molar-refractivity contribution in [3.63, 3.8) is 0 Å². The molecule has 0 amide bonds. The van der Waals surface area contributed by atoms with Crippen LogP contribution < -0.4 is 5.32 Å². The lowest BCUT2D eigenvalue weighted by atomic mass is 10.1. The summed E-state index contributed by atoms with van der Waals surface area (Å²) in [6.45, 7) is 2.89. The highest BCUT2D eigenvalue weighted by molar-refractivity contribution is 9.10. The average molecular weight is 325 g/mol. The van der Waals surface area contributed by atoms with E-state index < -0.39 is 0 Å². The number of nitrogens with one attached hydrogen (secondary N) is 1. The number of hydrogen-bond acceptors (Lipinski definition) is 3. The topological polar surface area (TPSA) is 55.2 Å². The van der Waals surface area contributed by atoms with E-state index in [-0.39, 0.29) is 10.6 Å². The van der Waals surface area contributed by atoms with Crippen molar-refractivity contribution in [3.05, 3.63) is 43.9 Å². The largest absolute Gasteiger partial charge is 0.310 e. The molecule has 1 aliphatic rings. The molecule has 1 fully saturated rings. The normalized spacial score (nSPS) is 15.6. The minimum atomic E-state index is -0.335. The summed E-state index contributed by atoms with van der Waals surface area (Å²) in [5.74, 6) is 0. The van der Waals surface area contributed by atoms with Crippen molar-refractivity contribution in [1.82, 2.24) is 5.32 Å². The van der Waals surface area contributed by atoms with Crippen LogP contribution in [0.1, 0.15) is 31.7 Å². The molecular formula is C14H17BrN2O2. The van der Waals surface area contributed by atoms with Gasteiger partial charge in [-0.2, -0.15) is 0 Å². The first-order chi connectivity index (χ1) is 9.10. The third-order valence-corrected chi connectivity index (χ3v) is 3.69. The van der Waals surface area contributed by atoms with Gasteiger partial charge in [0.25, 0.3) is 5.69 Å². The van der Waals surface area contributed by atoms with Crippen molar-refractivity contribution in [2.24, 2.45) is 0 Å². The molecule has 1 aromatic carbocycles. The Balaban J connectivity index is 2.20. The van der Waals surface area contributed by atoms with Gasteiger partial charge < -0.3 is 5.32 Å². The summed E-state index contributed by atoms with van der Waals surface area (Å²) in [6.07, 6.45) is 5.32. The Hall–Kier alpha value is -1.20. The Morgan fingerprint density at radius 3 is 2.89 bits per heavy atom. The second-order valence-corrected chi connectivity index (χ2v) is 5.69. The second kappa shape index (κ2) is 6.30. The van der Waals surface area contributed by atoms with E-state index in [1.54, 1.807) is 12.1 Å². The molecule has 102 valence electrons. The van der Waals surface area contributed by atoms with Gasteiger partial charge in [-0.1, -0.05) is 28.4 Å². The van der Waals surface area contributed by atoms with E-state index >= 15 is 0 Å². The van der Waals surface area contributed by atoms with Crippen LogP contribution in [-0.2, 0) is 0 Å². The van der Waals surface area contributed by atoms with Crippen molar-refractivity contribution in [1.29, 1.82) is 0 Å². The number of nitro groups is 1. The summed E-state index contributed by atoms with van der Waals surface area (Å²) in [5.41, 5.74) is 2.01. The Morgan fingerprint density at radius 2 is 2.32 bits per heavy atom. The van der Waals surface area contributed by atoms with Crippen LogP contribution >= 0.6 is 15.9 Å². The van der Waals surface area contributed by atoms with Crippen LogP contribution in [0.15, 0.2) is 28.2 Å². The van der Waals surface area contributed by atoms with Gasteiger partial charge >= 0.3 is 0 Å². The van der Waals surface area contributed by atoms with Crippen LogP contribution in [0.25, 0.3) is 6.08 Å². The summed E-state index contributed by atoms with van der Waals surface area (Å²) in [6, 6.07) is 5.82. The van der Waals surface area contributed by atoms with Gasteiger partial charge in [0.15, 0.2) is 0 Å². The SMILES string of the molecule is CC/C(=C/c1ccc(Br)cc1[N+](=O)[O-])CNC1CC1. The van der Waals surface area contributed by atoms with E-state index in [9.17, 15) is 10.1 Å². The van der Waals surface area contributed by atoms with Gasteiger partial charge in [0.1, 0.15) is 0 Å². The fourth-order valence-electron chi connectivity index (χ4n) is 1.86. The zero-order valence-corrected chi connectivity index (χ0v) is 12.4. The van der Waals surface area contributed by atoms with Crippen LogP contribution in [0.5, 0.6) is 0 Å². The first kappa shape index (κ1) is 14.2. The number of nitro benzene ring substituents is 1. The first-order valence-electron chi connectivity index (χ1n) is 6.47. The van der Waals surface area contributed by atoms with E-state index in [2.05, 4.69) is 28.2 Å². The summed E-state index contributed by atoms with van der Waals surface area (Å²) in [7, 11) is 0. The monoisotopic (exact) mass is 324 g/mol. The highest BCUT2D eigenvalue weighted by atomic mass is 79.9. The standard InChI is InChI=1S/C14H17BrN2O2/c1-2-10(9-16-13-5-6-13)7-11-3-4-12(15)8-14(11)17(18)19/h3-4,7-8,13,16H,2,5-6,9H2,1H3/b10-7-. The predicted octanol–water partition coefficient (Wildman–Crippen LogP) is 3.90. The molecule has 0 radical (unpaired) electrons. The van der Waals surface area contributed by atoms with E-state index in [1.807, 2.05) is 12.1 Å². The molecule has 1 saturated carbocycles. The molecule has 0 atom stereocenters. The Kier molecular flexibility index (Phi) is 4.71. The molecule has 0 saturated heterocycles. The smallest absolute Gasteiger partial charge is 0.277 e. The van der Waals surface area contributed by atoms with Gasteiger partial charge in [0, 0.05) is 23.1 Å². The van der Waals surface area contributed by atoms with Gasteiger partial charge in [-0.15, -0.1) is 0 Å². The zero-order chi connectivity index (χ0) is 13.8. The minimum Gasteiger partial charge on any atom is -0.310 e. The molecule has 2 rings (SSSR count). The van der Waals surface area contributed by atoms with Gasteiger partial charge in [0.05, 0.1) is 10.5 Å². The number of benzene rings is 1. The van der Waals surface area contributed by atoms with Crippen molar-refractivity contribution in [2.45, 2.75) is 32.2 Å². The van der Waals surface area contributed by atoms with Crippen molar-refractivity contribution in [3.8, 4) is 0 Å².